The van der Waals surface area contributed by atoms with E-state index in [1.807, 2.05) is 24.3 Å². The number of amides is 1. The van der Waals surface area contributed by atoms with E-state index in [2.05, 4.69) is 20.8 Å². The van der Waals surface area contributed by atoms with E-state index >= 15 is 0 Å². The van der Waals surface area contributed by atoms with Crippen molar-refractivity contribution in [2.45, 2.75) is 56.5 Å². The number of benzene rings is 2. The molecule has 1 aromatic heterocycles. The van der Waals surface area contributed by atoms with Crippen molar-refractivity contribution in [1.82, 2.24) is 14.3 Å². The van der Waals surface area contributed by atoms with Crippen LogP contribution in [0.25, 0.3) is 11.3 Å². The largest absolute Gasteiger partial charge is 0.334 e. The van der Waals surface area contributed by atoms with Gasteiger partial charge in [-0.2, -0.15) is 0 Å². The summed E-state index contributed by atoms with van der Waals surface area (Å²) >= 11 is 0. The van der Waals surface area contributed by atoms with Gasteiger partial charge < -0.3 is 9.88 Å². The number of anilines is 1. The van der Waals surface area contributed by atoms with E-state index in [0.29, 0.717) is 16.8 Å². The molecule has 1 aliphatic carbocycles. The fraction of sp³-hybridized carbons (Fsp3) is 0.333. The molecule has 2 heterocycles. The molecule has 0 atom stereocenters. The first-order chi connectivity index (χ1) is 15.4. The van der Waals surface area contributed by atoms with E-state index in [0.717, 1.165) is 42.9 Å². The molecule has 32 heavy (non-hydrogen) atoms. The van der Waals surface area contributed by atoms with Crippen molar-refractivity contribution in [1.29, 1.82) is 0 Å². The predicted molar refractivity (Wildman–Crippen MR) is 123 cm³/mol. The van der Waals surface area contributed by atoms with Crippen molar-refractivity contribution in [2.75, 3.05) is 5.32 Å². The van der Waals surface area contributed by atoms with Gasteiger partial charge in [0.15, 0.2) is 0 Å². The SMILES string of the molecule is Cc1ccc(S(=O)(=O)NC2CC2)cc1C(=O)Nc1ccc(-c2cn3c(n2)CCCC3)cc1. The number of fused-ring (bicyclic) bond motifs is 1. The monoisotopic (exact) mass is 450 g/mol. The molecule has 1 amide bonds. The lowest BCUT2D eigenvalue weighted by Gasteiger charge is -2.11. The third-order valence-corrected chi connectivity index (χ3v) is 7.53. The standard InChI is InChI=1S/C24H26N4O3S/c1-16-5-12-20(32(30,31)27-19-10-11-19)14-21(16)24(29)25-18-8-6-17(7-9-18)22-15-28-13-3-2-4-23(28)26-22/h5-9,12,14-15,19,27H,2-4,10-11,13H2,1H3,(H,25,29). The van der Waals surface area contributed by atoms with Crippen molar-refractivity contribution in [3.05, 3.63) is 65.6 Å². The van der Waals surface area contributed by atoms with E-state index in [1.165, 1.54) is 25.0 Å². The lowest BCUT2D eigenvalue weighted by Crippen LogP contribution is -2.26. The van der Waals surface area contributed by atoms with Gasteiger partial charge in [-0.3, -0.25) is 4.79 Å². The summed E-state index contributed by atoms with van der Waals surface area (Å²) < 4.78 is 29.9. The number of hydrogen-bond donors (Lipinski definition) is 2. The second-order valence-electron chi connectivity index (χ2n) is 8.60. The van der Waals surface area contributed by atoms with Crippen LogP contribution in [0.4, 0.5) is 5.69 Å². The summed E-state index contributed by atoms with van der Waals surface area (Å²) in [5.41, 5.74) is 3.64. The van der Waals surface area contributed by atoms with Crippen LogP contribution in [0, 0.1) is 6.92 Å². The van der Waals surface area contributed by atoms with Gasteiger partial charge in [-0.1, -0.05) is 18.2 Å². The van der Waals surface area contributed by atoms with Crippen LogP contribution in [0.5, 0.6) is 0 Å². The zero-order valence-corrected chi connectivity index (χ0v) is 18.8. The average molecular weight is 451 g/mol. The van der Waals surface area contributed by atoms with Crippen LogP contribution in [-0.4, -0.2) is 29.9 Å². The summed E-state index contributed by atoms with van der Waals surface area (Å²) in [6, 6.07) is 12.2. The molecule has 0 radical (unpaired) electrons. The number of aromatic nitrogens is 2. The van der Waals surface area contributed by atoms with E-state index in [4.69, 9.17) is 4.98 Å². The molecular weight excluding hydrogens is 424 g/mol. The summed E-state index contributed by atoms with van der Waals surface area (Å²) in [6.45, 7) is 2.81. The van der Waals surface area contributed by atoms with E-state index in [-0.39, 0.29) is 16.8 Å². The van der Waals surface area contributed by atoms with Crippen LogP contribution >= 0.6 is 0 Å². The molecule has 166 valence electrons. The maximum Gasteiger partial charge on any atom is 0.255 e. The highest BCUT2D eigenvalue weighted by Gasteiger charge is 2.28. The second kappa shape index (κ2) is 8.18. The topological polar surface area (TPSA) is 93.1 Å². The normalized spacial score (nSPS) is 15.9. The van der Waals surface area contributed by atoms with Crippen LogP contribution in [-0.2, 0) is 23.0 Å². The molecule has 0 unspecified atom stereocenters. The first kappa shape index (κ1) is 20.9. The Bertz CT molecular complexity index is 1250. The highest BCUT2D eigenvalue weighted by Crippen LogP contribution is 2.26. The molecule has 0 spiro atoms. The van der Waals surface area contributed by atoms with Crippen LogP contribution in [0.15, 0.2) is 53.6 Å². The van der Waals surface area contributed by atoms with Crippen molar-refractivity contribution in [2.24, 2.45) is 0 Å². The van der Waals surface area contributed by atoms with E-state index < -0.39 is 10.0 Å². The molecule has 2 N–H and O–H groups in total. The number of carbonyl (C=O) groups excluding carboxylic acids is 1. The number of nitrogens with one attached hydrogen (secondary N) is 2. The number of nitrogens with zero attached hydrogens (tertiary/aromatic N) is 2. The molecule has 0 bridgehead atoms. The third-order valence-electron chi connectivity index (χ3n) is 6.01. The molecule has 2 aromatic carbocycles. The van der Waals surface area contributed by atoms with E-state index in [9.17, 15) is 13.2 Å². The molecule has 3 aromatic rings. The fourth-order valence-corrected chi connectivity index (χ4v) is 5.31. The zero-order chi connectivity index (χ0) is 22.3. The minimum atomic E-state index is -3.62. The number of carbonyl (C=O) groups is 1. The smallest absolute Gasteiger partial charge is 0.255 e. The number of aryl methyl sites for hydroxylation is 3. The highest BCUT2D eigenvalue weighted by atomic mass is 32.2. The van der Waals surface area contributed by atoms with Crippen LogP contribution in [0.2, 0.25) is 0 Å². The first-order valence-electron chi connectivity index (χ1n) is 11.0. The number of rotatable bonds is 6. The average Bonchev–Trinajstić information content (AvgIpc) is 3.47. The maximum atomic E-state index is 12.9. The first-order valence-corrected chi connectivity index (χ1v) is 12.5. The van der Waals surface area contributed by atoms with Crippen molar-refractivity contribution < 1.29 is 13.2 Å². The van der Waals surface area contributed by atoms with Gasteiger partial charge in [-0.15, -0.1) is 0 Å². The molecule has 5 rings (SSSR count). The third kappa shape index (κ3) is 4.33. The number of sulfonamides is 1. The Morgan fingerprint density at radius 1 is 1.09 bits per heavy atom. The van der Waals surface area contributed by atoms with Gasteiger partial charge in [-0.25, -0.2) is 18.1 Å². The minimum Gasteiger partial charge on any atom is -0.334 e. The molecule has 8 heteroatoms. The molecule has 7 nitrogen and oxygen atoms in total. The van der Waals surface area contributed by atoms with Gasteiger partial charge in [-0.05, 0) is 62.4 Å². The number of imidazole rings is 1. The second-order valence-corrected chi connectivity index (χ2v) is 10.3. The van der Waals surface area contributed by atoms with Gasteiger partial charge in [0.1, 0.15) is 5.82 Å². The van der Waals surface area contributed by atoms with E-state index in [1.54, 1.807) is 13.0 Å². The fourth-order valence-electron chi connectivity index (χ4n) is 3.98. The molecule has 0 saturated heterocycles. The summed E-state index contributed by atoms with van der Waals surface area (Å²) in [5.74, 6) is 0.793. The van der Waals surface area contributed by atoms with Gasteiger partial charge in [0, 0.05) is 42.0 Å². The van der Waals surface area contributed by atoms with Gasteiger partial charge in [0.05, 0.1) is 10.6 Å². The van der Waals surface area contributed by atoms with Crippen molar-refractivity contribution in [3.63, 3.8) is 0 Å². The van der Waals surface area contributed by atoms with Crippen LogP contribution in [0.1, 0.15) is 47.4 Å². The highest BCUT2D eigenvalue weighted by molar-refractivity contribution is 7.89. The summed E-state index contributed by atoms with van der Waals surface area (Å²) in [5, 5.41) is 2.88. The summed E-state index contributed by atoms with van der Waals surface area (Å²) in [7, 11) is -3.62. The van der Waals surface area contributed by atoms with Crippen LogP contribution in [0.3, 0.4) is 0 Å². The Kier molecular flexibility index (Phi) is 5.35. The van der Waals surface area contributed by atoms with Gasteiger partial charge >= 0.3 is 0 Å². The lowest BCUT2D eigenvalue weighted by atomic mass is 10.1. The Morgan fingerprint density at radius 3 is 2.59 bits per heavy atom. The lowest BCUT2D eigenvalue weighted by molar-refractivity contribution is 0.102. The molecule has 1 fully saturated rings. The Balaban J connectivity index is 1.32. The molecule has 1 aliphatic heterocycles. The molecule has 2 aliphatic rings. The van der Waals surface area contributed by atoms with Gasteiger partial charge in [0.25, 0.3) is 5.91 Å². The zero-order valence-electron chi connectivity index (χ0n) is 18.0. The Hall–Kier alpha value is -2.97. The number of hydrogen-bond acceptors (Lipinski definition) is 4. The minimum absolute atomic E-state index is 0.0120. The summed E-state index contributed by atoms with van der Waals surface area (Å²) in [4.78, 5) is 17.7. The van der Waals surface area contributed by atoms with Crippen LogP contribution < -0.4 is 10.0 Å². The van der Waals surface area contributed by atoms with Crippen molar-refractivity contribution in [3.8, 4) is 11.3 Å². The predicted octanol–water partition coefficient (Wildman–Crippen LogP) is 3.89. The van der Waals surface area contributed by atoms with Gasteiger partial charge in [0.2, 0.25) is 10.0 Å². The quantitative estimate of drug-likeness (QED) is 0.596. The van der Waals surface area contributed by atoms with Crippen molar-refractivity contribution >= 4 is 21.6 Å². The molecular formula is C24H26N4O3S. The maximum absolute atomic E-state index is 12.9. The summed E-state index contributed by atoms with van der Waals surface area (Å²) in [6.07, 6.45) is 7.18. The molecule has 1 saturated carbocycles. The Labute approximate surface area is 187 Å². The Morgan fingerprint density at radius 2 is 1.88 bits per heavy atom.